The van der Waals surface area contributed by atoms with Crippen molar-refractivity contribution in [2.45, 2.75) is 96.7 Å². The summed E-state index contributed by atoms with van der Waals surface area (Å²) < 4.78 is 12.1. The van der Waals surface area contributed by atoms with Crippen molar-refractivity contribution in [3.63, 3.8) is 0 Å². The van der Waals surface area contributed by atoms with Crippen molar-refractivity contribution in [3.05, 3.63) is 22.8 Å². The molecule has 1 heterocycles. The molecule has 6 rings (SSSR count). The summed E-state index contributed by atoms with van der Waals surface area (Å²) in [5.74, 6) is 2.48. The topological polar surface area (TPSA) is 18.5 Å². The summed E-state index contributed by atoms with van der Waals surface area (Å²) in [6.45, 7) is 6.95. The Morgan fingerprint density at radius 2 is 1.68 bits per heavy atom. The van der Waals surface area contributed by atoms with E-state index in [4.69, 9.17) is 9.47 Å². The van der Waals surface area contributed by atoms with Crippen LogP contribution in [0.3, 0.4) is 0 Å². The van der Waals surface area contributed by atoms with Gasteiger partial charge in [0.15, 0.2) is 5.79 Å². The molecule has 3 fully saturated rings. The molecule has 5 aliphatic carbocycles. The lowest BCUT2D eigenvalue weighted by molar-refractivity contribution is -0.164. The van der Waals surface area contributed by atoms with E-state index in [9.17, 15) is 0 Å². The van der Waals surface area contributed by atoms with Crippen LogP contribution in [0, 0.1) is 28.6 Å². The van der Waals surface area contributed by atoms with Gasteiger partial charge in [-0.25, -0.2) is 0 Å². The SMILES string of the molecule is C[C@]12CC=C3C4=C(CC[C@H]3[C@@H]1CC[C@]2(C)C1CCCC1)CC1(CC4)OCCO1. The molecule has 0 aromatic rings. The third-order valence-electron chi connectivity index (χ3n) is 10.6. The number of allylic oxidation sites excluding steroid dienone is 3. The van der Waals surface area contributed by atoms with Crippen molar-refractivity contribution in [2.24, 2.45) is 28.6 Å². The molecule has 0 radical (unpaired) electrons. The van der Waals surface area contributed by atoms with Crippen LogP contribution in [0.1, 0.15) is 90.9 Å². The quantitative estimate of drug-likeness (QED) is 0.511. The minimum absolute atomic E-state index is 0.260. The average molecular weight is 383 g/mol. The van der Waals surface area contributed by atoms with Gasteiger partial charge in [-0.05, 0) is 91.1 Å². The van der Waals surface area contributed by atoms with E-state index in [-0.39, 0.29) is 5.79 Å². The fraction of sp³-hybridized carbons (Fsp3) is 0.846. The van der Waals surface area contributed by atoms with Crippen LogP contribution in [0.2, 0.25) is 0 Å². The first-order valence-corrected chi connectivity index (χ1v) is 12.2. The van der Waals surface area contributed by atoms with Gasteiger partial charge >= 0.3 is 0 Å². The van der Waals surface area contributed by atoms with Gasteiger partial charge in [0, 0.05) is 12.8 Å². The van der Waals surface area contributed by atoms with E-state index in [1.54, 1.807) is 16.7 Å². The number of hydrogen-bond donors (Lipinski definition) is 0. The van der Waals surface area contributed by atoms with Crippen molar-refractivity contribution < 1.29 is 9.47 Å². The predicted molar refractivity (Wildman–Crippen MR) is 112 cm³/mol. The van der Waals surface area contributed by atoms with Crippen LogP contribution in [0.5, 0.6) is 0 Å². The lowest BCUT2D eigenvalue weighted by atomic mass is 9.51. The summed E-state index contributed by atoms with van der Waals surface area (Å²) in [5, 5.41) is 0. The Balaban J connectivity index is 1.32. The van der Waals surface area contributed by atoms with Gasteiger partial charge in [0.1, 0.15) is 0 Å². The van der Waals surface area contributed by atoms with Gasteiger partial charge in [-0.1, -0.05) is 38.3 Å². The molecule has 2 heteroatoms. The molecule has 154 valence electrons. The lowest BCUT2D eigenvalue weighted by Gasteiger charge is -2.54. The molecule has 0 bridgehead atoms. The largest absolute Gasteiger partial charge is 0.347 e. The maximum absolute atomic E-state index is 6.06. The Labute approximate surface area is 171 Å². The third kappa shape index (κ3) is 2.34. The highest BCUT2D eigenvalue weighted by atomic mass is 16.7. The first-order chi connectivity index (χ1) is 13.5. The van der Waals surface area contributed by atoms with Crippen molar-refractivity contribution in [2.75, 3.05) is 13.2 Å². The molecule has 2 saturated carbocycles. The Morgan fingerprint density at radius 1 is 0.893 bits per heavy atom. The minimum atomic E-state index is -0.260. The minimum Gasteiger partial charge on any atom is -0.347 e. The molecule has 4 atom stereocenters. The standard InChI is InChI=1S/C26H38O2/c1-24(19-5-3-4-6-19)13-11-23-22-8-7-18-17-26(27-15-16-28-26)14-10-20(18)21(22)9-12-25(23,24)2/h9,19,22-23H,3-8,10-17H2,1-2H3/t22-,23+,24-,25+/m1/s1. The summed E-state index contributed by atoms with van der Waals surface area (Å²) in [7, 11) is 0. The molecule has 1 spiro atoms. The normalized spacial score (nSPS) is 45.1. The van der Waals surface area contributed by atoms with E-state index in [2.05, 4.69) is 19.9 Å². The highest BCUT2D eigenvalue weighted by Crippen LogP contribution is 2.69. The van der Waals surface area contributed by atoms with Crippen LogP contribution >= 0.6 is 0 Å². The van der Waals surface area contributed by atoms with Gasteiger partial charge in [-0.15, -0.1) is 0 Å². The Morgan fingerprint density at radius 3 is 2.46 bits per heavy atom. The van der Waals surface area contributed by atoms with E-state index >= 15 is 0 Å². The average Bonchev–Trinajstić information content (AvgIpc) is 3.43. The predicted octanol–water partition coefficient (Wildman–Crippen LogP) is 6.56. The number of hydrogen-bond acceptors (Lipinski definition) is 2. The lowest BCUT2D eigenvalue weighted by Crippen LogP contribution is -2.46. The molecule has 1 saturated heterocycles. The second-order valence-electron chi connectivity index (χ2n) is 11.3. The summed E-state index contributed by atoms with van der Waals surface area (Å²) in [6, 6.07) is 0. The van der Waals surface area contributed by atoms with Crippen LogP contribution in [0.4, 0.5) is 0 Å². The fourth-order valence-electron chi connectivity index (χ4n) is 8.81. The van der Waals surface area contributed by atoms with Crippen molar-refractivity contribution in [1.82, 2.24) is 0 Å². The van der Waals surface area contributed by atoms with E-state index < -0.39 is 0 Å². The van der Waals surface area contributed by atoms with Crippen LogP contribution in [-0.2, 0) is 9.47 Å². The second-order valence-corrected chi connectivity index (χ2v) is 11.3. The smallest absolute Gasteiger partial charge is 0.172 e. The Bertz CT molecular complexity index is 721. The van der Waals surface area contributed by atoms with Gasteiger partial charge in [-0.2, -0.15) is 0 Å². The molecule has 28 heavy (non-hydrogen) atoms. The highest BCUT2D eigenvalue weighted by Gasteiger charge is 2.61. The van der Waals surface area contributed by atoms with Crippen molar-refractivity contribution >= 4 is 0 Å². The molecule has 0 N–H and O–H groups in total. The van der Waals surface area contributed by atoms with E-state index in [1.165, 1.54) is 64.2 Å². The molecular weight excluding hydrogens is 344 g/mol. The molecule has 0 aromatic heterocycles. The fourth-order valence-corrected chi connectivity index (χ4v) is 8.81. The zero-order chi connectivity index (χ0) is 19.0. The van der Waals surface area contributed by atoms with Gasteiger partial charge in [0.2, 0.25) is 0 Å². The van der Waals surface area contributed by atoms with Crippen LogP contribution in [0.15, 0.2) is 22.8 Å². The van der Waals surface area contributed by atoms with Crippen LogP contribution in [-0.4, -0.2) is 19.0 Å². The van der Waals surface area contributed by atoms with Gasteiger partial charge < -0.3 is 9.47 Å². The number of rotatable bonds is 1. The first kappa shape index (κ1) is 18.2. The molecule has 1 aliphatic heterocycles. The summed E-state index contributed by atoms with van der Waals surface area (Å²) in [5.41, 5.74) is 6.29. The van der Waals surface area contributed by atoms with Crippen LogP contribution < -0.4 is 0 Å². The van der Waals surface area contributed by atoms with E-state index in [1.807, 2.05) is 0 Å². The third-order valence-corrected chi connectivity index (χ3v) is 10.6. The van der Waals surface area contributed by atoms with Gasteiger partial charge in [0.05, 0.1) is 13.2 Å². The number of ether oxygens (including phenoxy) is 2. The highest BCUT2D eigenvalue weighted by molar-refractivity contribution is 5.45. The zero-order valence-electron chi connectivity index (χ0n) is 18.0. The molecule has 0 amide bonds. The van der Waals surface area contributed by atoms with Crippen molar-refractivity contribution in [3.8, 4) is 0 Å². The maximum atomic E-state index is 6.06. The molecule has 0 unspecified atom stereocenters. The first-order valence-electron chi connectivity index (χ1n) is 12.2. The summed E-state index contributed by atoms with van der Waals surface area (Å²) >= 11 is 0. The molecular formula is C26H38O2. The van der Waals surface area contributed by atoms with Crippen molar-refractivity contribution in [1.29, 1.82) is 0 Å². The Hall–Kier alpha value is -0.600. The summed E-state index contributed by atoms with van der Waals surface area (Å²) in [4.78, 5) is 0. The molecule has 6 aliphatic rings. The zero-order valence-corrected chi connectivity index (χ0v) is 18.0. The molecule has 0 aromatic carbocycles. The molecule has 2 nitrogen and oxygen atoms in total. The van der Waals surface area contributed by atoms with E-state index in [0.29, 0.717) is 10.8 Å². The monoisotopic (exact) mass is 382 g/mol. The van der Waals surface area contributed by atoms with Gasteiger partial charge in [-0.3, -0.25) is 0 Å². The maximum Gasteiger partial charge on any atom is 0.172 e. The summed E-state index contributed by atoms with van der Waals surface area (Å²) in [6.07, 6.45) is 18.9. The van der Waals surface area contributed by atoms with Gasteiger partial charge in [0.25, 0.3) is 0 Å². The second kappa shape index (κ2) is 6.20. The van der Waals surface area contributed by atoms with E-state index in [0.717, 1.165) is 43.8 Å². The van der Waals surface area contributed by atoms with Crippen LogP contribution in [0.25, 0.3) is 0 Å². The number of fused-ring (bicyclic) bond motifs is 4. The Kier molecular flexibility index (Phi) is 4.03.